The Morgan fingerprint density at radius 1 is 1.58 bits per heavy atom. The maximum absolute atomic E-state index is 8.87. The fraction of sp³-hybridized carbons (Fsp3) is 0.545. The van der Waals surface area contributed by atoms with Gasteiger partial charge in [-0.1, -0.05) is 31.6 Å². The van der Waals surface area contributed by atoms with E-state index >= 15 is 0 Å². The maximum Gasteiger partial charge on any atom is 0.0759 e. The van der Waals surface area contributed by atoms with E-state index in [0.717, 1.165) is 19.3 Å². The van der Waals surface area contributed by atoms with Crippen molar-refractivity contribution in [3.63, 3.8) is 0 Å². The zero-order valence-electron chi connectivity index (χ0n) is 8.01. The van der Waals surface area contributed by atoms with Gasteiger partial charge in [-0.05, 0) is 19.8 Å². The Labute approximate surface area is 75.4 Å². The minimum absolute atomic E-state index is 0.350. The SMILES string of the molecule is C=CCC(C)(C#N)C=CCCC. The van der Waals surface area contributed by atoms with Gasteiger partial charge in [0, 0.05) is 0 Å². The molecule has 12 heavy (non-hydrogen) atoms. The third-order valence-electron chi connectivity index (χ3n) is 1.76. The van der Waals surface area contributed by atoms with Gasteiger partial charge in [0.25, 0.3) is 0 Å². The summed E-state index contributed by atoms with van der Waals surface area (Å²) in [7, 11) is 0. The minimum atomic E-state index is -0.350. The number of hydrogen-bond donors (Lipinski definition) is 0. The minimum Gasteiger partial charge on any atom is -0.197 e. The van der Waals surface area contributed by atoms with E-state index in [-0.39, 0.29) is 5.41 Å². The summed E-state index contributed by atoms with van der Waals surface area (Å²) in [6.45, 7) is 7.69. The molecule has 0 N–H and O–H groups in total. The fourth-order valence-corrected chi connectivity index (χ4v) is 0.961. The number of nitrogens with zero attached hydrogens (tertiary/aromatic N) is 1. The summed E-state index contributed by atoms with van der Waals surface area (Å²) in [4.78, 5) is 0. The number of nitriles is 1. The molecule has 1 atom stereocenters. The molecule has 0 saturated carbocycles. The first-order valence-electron chi connectivity index (χ1n) is 4.38. The zero-order valence-corrected chi connectivity index (χ0v) is 8.01. The van der Waals surface area contributed by atoms with Crippen molar-refractivity contribution in [1.29, 1.82) is 5.26 Å². The molecule has 0 saturated heterocycles. The lowest BCUT2D eigenvalue weighted by atomic mass is 9.88. The van der Waals surface area contributed by atoms with Gasteiger partial charge < -0.3 is 0 Å². The Kier molecular flexibility index (Phi) is 5.12. The molecule has 0 radical (unpaired) electrons. The average Bonchev–Trinajstić information content (AvgIpc) is 2.06. The van der Waals surface area contributed by atoms with Crippen molar-refractivity contribution in [2.45, 2.75) is 33.1 Å². The van der Waals surface area contributed by atoms with Crippen molar-refractivity contribution in [2.75, 3.05) is 0 Å². The Morgan fingerprint density at radius 2 is 2.25 bits per heavy atom. The first-order valence-corrected chi connectivity index (χ1v) is 4.38. The second kappa shape index (κ2) is 5.60. The summed E-state index contributed by atoms with van der Waals surface area (Å²) in [6, 6.07) is 2.28. The highest BCUT2D eigenvalue weighted by molar-refractivity contribution is 5.12. The zero-order chi connectivity index (χ0) is 9.45. The predicted molar refractivity (Wildman–Crippen MR) is 52.6 cm³/mol. The summed E-state index contributed by atoms with van der Waals surface area (Å²) >= 11 is 0. The van der Waals surface area contributed by atoms with Crippen LogP contribution in [0.5, 0.6) is 0 Å². The number of hydrogen-bond acceptors (Lipinski definition) is 1. The molecule has 0 aromatic heterocycles. The van der Waals surface area contributed by atoms with Crippen LogP contribution in [0.25, 0.3) is 0 Å². The second-order valence-electron chi connectivity index (χ2n) is 3.21. The third kappa shape index (κ3) is 3.98. The molecule has 66 valence electrons. The summed E-state index contributed by atoms with van der Waals surface area (Å²) < 4.78 is 0. The van der Waals surface area contributed by atoms with Crippen LogP contribution in [-0.2, 0) is 0 Å². The van der Waals surface area contributed by atoms with Crippen LogP contribution >= 0.6 is 0 Å². The Morgan fingerprint density at radius 3 is 2.67 bits per heavy atom. The van der Waals surface area contributed by atoms with Crippen LogP contribution in [0.1, 0.15) is 33.1 Å². The largest absolute Gasteiger partial charge is 0.197 e. The van der Waals surface area contributed by atoms with Crippen LogP contribution in [0.3, 0.4) is 0 Å². The van der Waals surface area contributed by atoms with Crippen molar-refractivity contribution in [3.8, 4) is 6.07 Å². The van der Waals surface area contributed by atoms with Crippen molar-refractivity contribution in [2.24, 2.45) is 5.41 Å². The van der Waals surface area contributed by atoms with Crippen LogP contribution in [0.2, 0.25) is 0 Å². The van der Waals surface area contributed by atoms with E-state index in [4.69, 9.17) is 5.26 Å². The molecule has 0 aliphatic heterocycles. The topological polar surface area (TPSA) is 23.8 Å². The summed E-state index contributed by atoms with van der Waals surface area (Å²) in [5.41, 5.74) is -0.350. The van der Waals surface area contributed by atoms with Gasteiger partial charge in [0.05, 0.1) is 11.5 Å². The van der Waals surface area contributed by atoms with Gasteiger partial charge in [-0.25, -0.2) is 0 Å². The number of rotatable bonds is 5. The highest BCUT2D eigenvalue weighted by atomic mass is 14.3. The molecule has 0 rings (SSSR count). The highest BCUT2D eigenvalue weighted by Crippen LogP contribution is 2.22. The molecule has 0 heterocycles. The van der Waals surface area contributed by atoms with Crippen molar-refractivity contribution >= 4 is 0 Å². The standard InChI is InChI=1S/C11H17N/c1-4-6-7-9-11(3,10-12)8-5-2/h5,7,9H,2,4,6,8H2,1,3H3. The second-order valence-corrected chi connectivity index (χ2v) is 3.21. The van der Waals surface area contributed by atoms with Gasteiger partial charge in [0.2, 0.25) is 0 Å². The van der Waals surface area contributed by atoms with E-state index in [1.54, 1.807) is 6.08 Å². The summed E-state index contributed by atoms with van der Waals surface area (Å²) in [6.07, 6.45) is 8.76. The van der Waals surface area contributed by atoms with E-state index in [0.29, 0.717) is 0 Å². The quantitative estimate of drug-likeness (QED) is 0.569. The lowest BCUT2D eigenvalue weighted by molar-refractivity contribution is 0.576. The van der Waals surface area contributed by atoms with Gasteiger partial charge in [-0.15, -0.1) is 6.58 Å². The van der Waals surface area contributed by atoms with Crippen molar-refractivity contribution < 1.29 is 0 Å². The maximum atomic E-state index is 8.87. The molecular formula is C11H17N. The molecule has 0 aromatic rings. The first kappa shape index (κ1) is 11.0. The fourth-order valence-electron chi connectivity index (χ4n) is 0.961. The number of unbranched alkanes of at least 4 members (excludes halogenated alkanes) is 1. The molecule has 0 fully saturated rings. The molecule has 0 aliphatic rings. The normalized spacial score (nSPS) is 15.4. The Hall–Kier alpha value is -1.03. The summed E-state index contributed by atoms with van der Waals surface area (Å²) in [5, 5.41) is 8.87. The van der Waals surface area contributed by atoms with Crippen LogP contribution in [0.4, 0.5) is 0 Å². The molecule has 1 heteroatoms. The van der Waals surface area contributed by atoms with E-state index in [1.807, 2.05) is 13.0 Å². The first-order chi connectivity index (χ1) is 5.68. The van der Waals surface area contributed by atoms with Crippen molar-refractivity contribution in [3.05, 3.63) is 24.8 Å². The molecule has 1 nitrogen and oxygen atoms in total. The van der Waals surface area contributed by atoms with Crippen LogP contribution < -0.4 is 0 Å². The predicted octanol–water partition coefficient (Wildman–Crippen LogP) is 3.45. The Balaban J connectivity index is 4.14. The molecule has 0 aliphatic carbocycles. The molecule has 1 unspecified atom stereocenters. The molecule has 0 bridgehead atoms. The van der Waals surface area contributed by atoms with E-state index in [9.17, 15) is 0 Å². The Bertz CT molecular complexity index is 198. The van der Waals surface area contributed by atoms with E-state index in [2.05, 4.69) is 25.6 Å². The molecular weight excluding hydrogens is 146 g/mol. The lowest BCUT2D eigenvalue weighted by Gasteiger charge is -2.13. The van der Waals surface area contributed by atoms with Gasteiger partial charge in [0.15, 0.2) is 0 Å². The third-order valence-corrected chi connectivity index (χ3v) is 1.76. The van der Waals surface area contributed by atoms with E-state index in [1.165, 1.54) is 0 Å². The average molecular weight is 163 g/mol. The highest BCUT2D eigenvalue weighted by Gasteiger charge is 2.16. The smallest absolute Gasteiger partial charge is 0.0759 e. The van der Waals surface area contributed by atoms with Gasteiger partial charge in [0.1, 0.15) is 0 Å². The molecule has 0 amide bonds. The molecule has 0 aromatic carbocycles. The van der Waals surface area contributed by atoms with Crippen molar-refractivity contribution in [1.82, 2.24) is 0 Å². The summed E-state index contributed by atoms with van der Waals surface area (Å²) in [5.74, 6) is 0. The molecule has 0 spiro atoms. The van der Waals surface area contributed by atoms with Crippen LogP contribution in [0.15, 0.2) is 24.8 Å². The number of allylic oxidation sites excluding steroid dienone is 3. The van der Waals surface area contributed by atoms with Gasteiger partial charge in [-0.3, -0.25) is 0 Å². The van der Waals surface area contributed by atoms with Crippen LogP contribution in [0, 0.1) is 16.7 Å². The monoisotopic (exact) mass is 163 g/mol. The van der Waals surface area contributed by atoms with Crippen LogP contribution in [-0.4, -0.2) is 0 Å². The van der Waals surface area contributed by atoms with Gasteiger partial charge in [-0.2, -0.15) is 5.26 Å². The lowest BCUT2D eigenvalue weighted by Crippen LogP contribution is -2.07. The van der Waals surface area contributed by atoms with E-state index < -0.39 is 0 Å². The van der Waals surface area contributed by atoms with Gasteiger partial charge >= 0.3 is 0 Å².